The van der Waals surface area contributed by atoms with E-state index in [9.17, 15) is 4.39 Å². The third-order valence-corrected chi connectivity index (χ3v) is 3.05. The maximum atomic E-state index is 13.7. The van der Waals surface area contributed by atoms with Crippen LogP contribution in [0.3, 0.4) is 0 Å². The fraction of sp³-hybridized carbons (Fsp3) is 0.182. The van der Waals surface area contributed by atoms with Crippen LogP contribution in [0.5, 0.6) is 0 Å². The van der Waals surface area contributed by atoms with Gasteiger partial charge in [-0.05, 0) is 41.2 Å². The van der Waals surface area contributed by atoms with E-state index in [1.165, 1.54) is 12.1 Å². The van der Waals surface area contributed by atoms with Crippen molar-refractivity contribution in [1.82, 2.24) is 15.3 Å². The van der Waals surface area contributed by atoms with Crippen molar-refractivity contribution in [3.05, 3.63) is 39.5 Å². The minimum atomic E-state index is -0.349. The Labute approximate surface area is 112 Å². The van der Waals surface area contributed by atoms with Crippen molar-refractivity contribution in [2.45, 2.75) is 6.54 Å². The van der Waals surface area contributed by atoms with E-state index in [4.69, 9.17) is 11.6 Å². The molecule has 1 heterocycles. The van der Waals surface area contributed by atoms with E-state index in [1.807, 2.05) is 7.05 Å². The number of hydrogen-bond acceptors (Lipinski definition) is 2. The Kier molecular flexibility index (Phi) is 3.81. The van der Waals surface area contributed by atoms with E-state index < -0.39 is 0 Å². The average Bonchev–Trinajstić information content (AvgIpc) is 2.64. The average molecular weight is 319 g/mol. The molecule has 0 fully saturated rings. The van der Waals surface area contributed by atoms with E-state index in [2.05, 4.69) is 31.2 Å². The highest BCUT2D eigenvalue weighted by atomic mass is 79.9. The van der Waals surface area contributed by atoms with Gasteiger partial charge < -0.3 is 10.3 Å². The predicted molar refractivity (Wildman–Crippen MR) is 69.5 cm³/mol. The van der Waals surface area contributed by atoms with Gasteiger partial charge in [-0.25, -0.2) is 9.37 Å². The molecule has 0 radical (unpaired) electrons. The molecule has 3 nitrogen and oxygen atoms in total. The minimum absolute atomic E-state index is 0.349. The van der Waals surface area contributed by atoms with Gasteiger partial charge in [0, 0.05) is 10.6 Å². The predicted octanol–water partition coefficient (Wildman–Crippen LogP) is 3.35. The Bertz CT molecular complexity index is 542. The van der Waals surface area contributed by atoms with Gasteiger partial charge in [0.1, 0.15) is 21.9 Å². The highest BCUT2D eigenvalue weighted by Crippen LogP contribution is 2.30. The molecule has 0 saturated heterocycles. The molecule has 0 aliphatic rings. The second-order valence-corrected chi connectivity index (χ2v) is 4.73. The third kappa shape index (κ3) is 2.68. The lowest BCUT2D eigenvalue weighted by Crippen LogP contribution is -2.06. The molecular weight excluding hydrogens is 308 g/mol. The quantitative estimate of drug-likeness (QED) is 0.911. The largest absolute Gasteiger partial charge is 0.335 e. The van der Waals surface area contributed by atoms with Crippen molar-refractivity contribution in [3.8, 4) is 11.3 Å². The first kappa shape index (κ1) is 12.5. The summed E-state index contributed by atoms with van der Waals surface area (Å²) in [5, 5.41) is 3.45. The molecule has 0 unspecified atom stereocenters. The number of aromatic amines is 1. The maximum Gasteiger partial charge on any atom is 0.132 e. The fourth-order valence-corrected chi connectivity index (χ4v) is 2.21. The zero-order chi connectivity index (χ0) is 12.4. The Balaban J connectivity index is 2.48. The van der Waals surface area contributed by atoms with Crippen LogP contribution >= 0.6 is 27.5 Å². The van der Waals surface area contributed by atoms with Crippen molar-refractivity contribution in [2.75, 3.05) is 7.05 Å². The van der Waals surface area contributed by atoms with E-state index >= 15 is 0 Å². The molecular formula is C11H10BrClFN3. The van der Waals surface area contributed by atoms with Crippen molar-refractivity contribution in [1.29, 1.82) is 0 Å². The zero-order valence-corrected chi connectivity index (χ0v) is 11.4. The normalized spacial score (nSPS) is 10.8. The van der Waals surface area contributed by atoms with Crippen LogP contribution in [0.15, 0.2) is 22.8 Å². The second kappa shape index (κ2) is 5.16. The molecule has 2 rings (SSSR count). The highest BCUT2D eigenvalue weighted by molar-refractivity contribution is 9.10. The van der Waals surface area contributed by atoms with E-state index in [0.29, 0.717) is 27.4 Å². The molecule has 17 heavy (non-hydrogen) atoms. The monoisotopic (exact) mass is 317 g/mol. The van der Waals surface area contributed by atoms with Crippen molar-refractivity contribution >= 4 is 27.5 Å². The molecule has 0 amide bonds. The SMILES string of the molecule is CNCc1nc(-c2cc(Cl)ccc2F)c(Br)[nH]1. The van der Waals surface area contributed by atoms with Gasteiger partial charge >= 0.3 is 0 Å². The molecule has 0 spiro atoms. The molecule has 0 atom stereocenters. The van der Waals surface area contributed by atoms with Crippen LogP contribution in [0.1, 0.15) is 5.82 Å². The highest BCUT2D eigenvalue weighted by Gasteiger charge is 2.14. The Morgan fingerprint density at radius 2 is 2.29 bits per heavy atom. The standard InChI is InChI=1S/C11H10BrClFN3/c1-15-5-9-16-10(11(12)17-9)7-4-6(13)2-3-8(7)14/h2-4,15H,5H2,1H3,(H,16,17). The number of H-pyrrole nitrogens is 1. The van der Waals surface area contributed by atoms with E-state index in [0.717, 1.165) is 5.82 Å². The van der Waals surface area contributed by atoms with Crippen molar-refractivity contribution in [2.24, 2.45) is 0 Å². The van der Waals surface area contributed by atoms with Crippen LogP contribution in [-0.2, 0) is 6.54 Å². The number of benzene rings is 1. The number of aromatic nitrogens is 2. The van der Waals surface area contributed by atoms with Gasteiger partial charge in [-0.2, -0.15) is 0 Å². The number of imidazole rings is 1. The maximum absolute atomic E-state index is 13.7. The lowest BCUT2D eigenvalue weighted by Gasteiger charge is -2.00. The molecule has 0 aliphatic heterocycles. The topological polar surface area (TPSA) is 40.7 Å². The van der Waals surface area contributed by atoms with Gasteiger partial charge in [-0.15, -0.1) is 0 Å². The molecule has 6 heteroatoms. The summed E-state index contributed by atoms with van der Waals surface area (Å²) in [7, 11) is 1.82. The first-order valence-corrected chi connectivity index (χ1v) is 6.13. The molecule has 2 aromatic rings. The van der Waals surface area contributed by atoms with Crippen LogP contribution in [0.4, 0.5) is 4.39 Å². The van der Waals surface area contributed by atoms with E-state index in [-0.39, 0.29) is 5.82 Å². The van der Waals surface area contributed by atoms with Crippen molar-refractivity contribution < 1.29 is 4.39 Å². The number of nitrogens with zero attached hydrogens (tertiary/aromatic N) is 1. The molecule has 0 saturated carbocycles. The molecule has 90 valence electrons. The van der Waals surface area contributed by atoms with Crippen LogP contribution in [0.2, 0.25) is 5.02 Å². The van der Waals surface area contributed by atoms with Crippen LogP contribution in [0, 0.1) is 5.82 Å². The lowest BCUT2D eigenvalue weighted by atomic mass is 10.1. The van der Waals surface area contributed by atoms with Gasteiger partial charge in [-0.3, -0.25) is 0 Å². The summed E-state index contributed by atoms with van der Waals surface area (Å²) < 4.78 is 14.3. The summed E-state index contributed by atoms with van der Waals surface area (Å²) in [5.74, 6) is 0.381. The minimum Gasteiger partial charge on any atom is -0.335 e. The lowest BCUT2D eigenvalue weighted by molar-refractivity contribution is 0.630. The van der Waals surface area contributed by atoms with Gasteiger partial charge in [0.2, 0.25) is 0 Å². The first-order valence-electron chi connectivity index (χ1n) is 4.96. The van der Waals surface area contributed by atoms with Gasteiger partial charge in [0.15, 0.2) is 0 Å². The van der Waals surface area contributed by atoms with Gasteiger partial charge in [0.25, 0.3) is 0 Å². The summed E-state index contributed by atoms with van der Waals surface area (Å²) in [6.07, 6.45) is 0. The van der Waals surface area contributed by atoms with Crippen LogP contribution in [-0.4, -0.2) is 17.0 Å². The number of nitrogens with one attached hydrogen (secondary N) is 2. The molecule has 0 bridgehead atoms. The van der Waals surface area contributed by atoms with E-state index in [1.54, 1.807) is 6.07 Å². The number of rotatable bonds is 3. The summed E-state index contributed by atoms with van der Waals surface area (Å²) in [5.41, 5.74) is 0.901. The van der Waals surface area contributed by atoms with Gasteiger partial charge in [0.05, 0.1) is 6.54 Å². The second-order valence-electron chi connectivity index (χ2n) is 3.50. The Morgan fingerprint density at radius 3 is 3.00 bits per heavy atom. The number of halogens is 3. The summed E-state index contributed by atoms with van der Waals surface area (Å²) in [4.78, 5) is 7.33. The molecule has 0 aliphatic carbocycles. The third-order valence-electron chi connectivity index (χ3n) is 2.24. The fourth-order valence-electron chi connectivity index (χ4n) is 1.51. The van der Waals surface area contributed by atoms with Crippen LogP contribution in [0.25, 0.3) is 11.3 Å². The Morgan fingerprint density at radius 1 is 1.53 bits per heavy atom. The van der Waals surface area contributed by atoms with Crippen LogP contribution < -0.4 is 5.32 Å². The summed E-state index contributed by atoms with van der Waals surface area (Å²) in [6.45, 7) is 0.584. The Hall–Kier alpha value is -0.910. The molecule has 2 N–H and O–H groups in total. The van der Waals surface area contributed by atoms with Gasteiger partial charge in [-0.1, -0.05) is 11.6 Å². The number of hydrogen-bond donors (Lipinski definition) is 2. The zero-order valence-electron chi connectivity index (χ0n) is 9.02. The summed E-state index contributed by atoms with van der Waals surface area (Å²) >= 11 is 9.18. The molecule has 1 aromatic heterocycles. The van der Waals surface area contributed by atoms with Crippen molar-refractivity contribution in [3.63, 3.8) is 0 Å². The first-order chi connectivity index (χ1) is 8.11. The summed E-state index contributed by atoms with van der Waals surface area (Å²) in [6, 6.07) is 4.40. The molecule has 1 aromatic carbocycles. The smallest absolute Gasteiger partial charge is 0.132 e.